The first-order valence-corrected chi connectivity index (χ1v) is 6.53. The highest BCUT2D eigenvalue weighted by Gasteiger charge is 2.20. The molecule has 0 aliphatic heterocycles. The van der Waals surface area contributed by atoms with Crippen LogP contribution in [0.25, 0.3) is 0 Å². The fraction of sp³-hybridized carbons (Fsp3) is 0.643. The molecule has 0 spiro atoms. The Morgan fingerprint density at radius 2 is 1.79 bits per heavy atom. The molecule has 0 aliphatic rings. The van der Waals surface area contributed by atoms with Gasteiger partial charge in [-0.25, -0.2) is 9.69 Å². The normalized spacial score (nSPS) is 11.6. The molecule has 19 heavy (non-hydrogen) atoms. The van der Waals surface area contributed by atoms with E-state index >= 15 is 0 Å². The molecule has 0 radical (unpaired) electrons. The summed E-state index contributed by atoms with van der Waals surface area (Å²) < 4.78 is 4.99. The predicted molar refractivity (Wildman–Crippen MR) is 72.7 cm³/mol. The molecule has 0 fully saturated rings. The highest BCUT2D eigenvalue weighted by molar-refractivity contribution is 6.04. The summed E-state index contributed by atoms with van der Waals surface area (Å²) in [5, 5.41) is 0. The Hall–Kier alpha value is -1.65. The summed E-state index contributed by atoms with van der Waals surface area (Å²) in [5.41, 5.74) is 0.563. The highest BCUT2D eigenvalue weighted by Crippen LogP contribution is 2.07. The van der Waals surface area contributed by atoms with E-state index in [9.17, 15) is 14.4 Å². The second-order valence-corrected chi connectivity index (χ2v) is 4.47. The number of allylic oxidation sites excluding steroid dienone is 1. The monoisotopic (exact) mass is 269 g/mol. The Bertz CT molecular complexity index is 360. The maximum Gasteiger partial charge on any atom is 0.416 e. The molecule has 0 N–H and O–H groups in total. The average molecular weight is 269 g/mol. The maximum absolute atomic E-state index is 11.8. The number of hydrogen-bond acceptors (Lipinski definition) is 4. The molecular formula is C14H23NO4. The van der Waals surface area contributed by atoms with Gasteiger partial charge in [0.15, 0.2) is 0 Å². The van der Waals surface area contributed by atoms with Gasteiger partial charge in [-0.1, -0.05) is 26.2 Å². The van der Waals surface area contributed by atoms with E-state index in [-0.39, 0.29) is 5.57 Å². The fourth-order valence-corrected chi connectivity index (χ4v) is 1.38. The van der Waals surface area contributed by atoms with Crippen LogP contribution in [0.1, 0.15) is 46.5 Å². The number of hydrogen-bond donors (Lipinski definition) is 0. The number of unbranched alkanes of at least 4 members (excludes halogenated alkanes) is 3. The van der Waals surface area contributed by atoms with Crippen molar-refractivity contribution >= 4 is 18.3 Å². The van der Waals surface area contributed by atoms with Crippen LogP contribution >= 0.6 is 0 Å². The smallest absolute Gasteiger partial charge is 0.416 e. The number of likely N-dealkylation sites (N-methyl/N-ethyl adjacent to an activating group) is 1. The van der Waals surface area contributed by atoms with E-state index in [1.807, 2.05) is 0 Å². The molecule has 2 amide bonds. The second-order valence-electron chi connectivity index (χ2n) is 4.47. The van der Waals surface area contributed by atoms with Crippen molar-refractivity contribution in [1.29, 1.82) is 0 Å². The van der Waals surface area contributed by atoms with Crippen LogP contribution in [0.15, 0.2) is 11.1 Å². The average Bonchev–Trinajstić information content (AvgIpc) is 2.43. The van der Waals surface area contributed by atoms with Gasteiger partial charge in [0.2, 0.25) is 0 Å². The standard InChI is InChI=1S/C14H23NO4/c1-5-6-7-8-9-19-14(18)15(4)13(17)12(3)11(2)10-16/h10H,5-9H2,1-4H3/b12-11-. The van der Waals surface area contributed by atoms with E-state index in [1.54, 1.807) is 0 Å². The minimum absolute atomic E-state index is 0.250. The molecule has 0 aromatic rings. The van der Waals surface area contributed by atoms with Gasteiger partial charge in [0.1, 0.15) is 6.29 Å². The molecule has 108 valence electrons. The van der Waals surface area contributed by atoms with Crippen molar-refractivity contribution in [3.63, 3.8) is 0 Å². The third-order valence-corrected chi connectivity index (χ3v) is 2.89. The Morgan fingerprint density at radius 1 is 1.16 bits per heavy atom. The summed E-state index contributed by atoms with van der Waals surface area (Å²) in [7, 11) is 1.35. The molecule has 0 atom stereocenters. The van der Waals surface area contributed by atoms with Gasteiger partial charge >= 0.3 is 6.09 Å². The van der Waals surface area contributed by atoms with E-state index in [4.69, 9.17) is 4.74 Å². The number of nitrogens with zero attached hydrogens (tertiary/aromatic N) is 1. The van der Waals surface area contributed by atoms with Crippen LogP contribution in [-0.2, 0) is 14.3 Å². The van der Waals surface area contributed by atoms with E-state index in [1.165, 1.54) is 20.9 Å². The molecule has 5 nitrogen and oxygen atoms in total. The second kappa shape index (κ2) is 9.30. The van der Waals surface area contributed by atoms with Crippen molar-refractivity contribution in [2.24, 2.45) is 0 Å². The van der Waals surface area contributed by atoms with Crippen molar-refractivity contribution < 1.29 is 19.1 Å². The third kappa shape index (κ3) is 6.18. The zero-order valence-electron chi connectivity index (χ0n) is 12.2. The van der Waals surface area contributed by atoms with Crippen LogP contribution in [-0.4, -0.2) is 36.8 Å². The summed E-state index contributed by atoms with van der Waals surface area (Å²) >= 11 is 0. The lowest BCUT2D eigenvalue weighted by molar-refractivity contribution is -0.124. The van der Waals surface area contributed by atoms with Gasteiger partial charge in [-0.2, -0.15) is 0 Å². The van der Waals surface area contributed by atoms with E-state index in [0.29, 0.717) is 18.5 Å². The van der Waals surface area contributed by atoms with Crippen molar-refractivity contribution in [1.82, 2.24) is 4.90 Å². The minimum atomic E-state index is -0.681. The molecular weight excluding hydrogens is 246 g/mol. The molecule has 0 heterocycles. The minimum Gasteiger partial charge on any atom is -0.449 e. The van der Waals surface area contributed by atoms with Gasteiger partial charge < -0.3 is 4.74 Å². The number of ether oxygens (including phenoxy) is 1. The predicted octanol–water partition coefficient (Wildman–Crippen LogP) is 2.70. The lowest BCUT2D eigenvalue weighted by Crippen LogP contribution is -2.34. The Kier molecular flexibility index (Phi) is 8.49. The molecule has 0 unspecified atom stereocenters. The van der Waals surface area contributed by atoms with E-state index in [0.717, 1.165) is 30.6 Å². The fourth-order valence-electron chi connectivity index (χ4n) is 1.38. The van der Waals surface area contributed by atoms with Gasteiger partial charge in [-0.3, -0.25) is 9.59 Å². The summed E-state index contributed by atoms with van der Waals surface area (Å²) in [6.07, 6.45) is 3.93. The number of carbonyl (C=O) groups excluding carboxylic acids is 3. The van der Waals surface area contributed by atoms with Gasteiger partial charge in [0, 0.05) is 12.6 Å². The first-order valence-electron chi connectivity index (χ1n) is 6.53. The number of aldehydes is 1. The van der Waals surface area contributed by atoms with E-state index < -0.39 is 12.0 Å². The van der Waals surface area contributed by atoms with Crippen LogP contribution in [0.3, 0.4) is 0 Å². The Morgan fingerprint density at radius 3 is 2.32 bits per heavy atom. The van der Waals surface area contributed by atoms with Crippen molar-refractivity contribution in [2.75, 3.05) is 13.7 Å². The van der Waals surface area contributed by atoms with Crippen LogP contribution < -0.4 is 0 Å². The zero-order chi connectivity index (χ0) is 14.8. The molecule has 0 saturated carbocycles. The topological polar surface area (TPSA) is 63.7 Å². The molecule has 0 aliphatic carbocycles. The number of amides is 2. The van der Waals surface area contributed by atoms with Gasteiger partial charge in [0.05, 0.1) is 6.61 Å². The lowest BCUT2D eigenvalue weighted by Gasteiger charge is -2.16. The number of carbonyl (C=O) groups is 3. The van der Waals surface area contributed by atoms with Crippen molar-refractivity contribution in [3.05, 3.63) is 11.1 Å². The lowest BCUT2D eigenvalue weighted by atomic mass is 10.1. The maximum atomic E-state index is 11.8. The van der Waals surface area contributed by atoms with Gasteiger partial charge in [-0.15, -0.1) is 0 Å². The summed E-state index contributed by atoms with van der Waals surface area (Å²) in [6.45, 7) is 5.45. The zero-order valence-corrected chi connectivity index (χ0v) is 12.2. The Balaban J connectivity index is 4.26. The van der Waals surface area contributed by atoms with E-state index in [2.05, 4.69) is 6.92 Å². The molecule has 0 rings (SSSR count). The third-order valence-electron chi connectivity index (χ3n) is 2.89. The van der Waals surface area contributed by atoms with Gasteiger partial charge in [-0.05, 0) is 25.8 Å². The summed E-state index contributed by atoms with van der Waals surface area (Å²) in [5.74, 6) is -0.511. The molecule has 0 aromatic carbocycles. The van der Waals surface area contributed by atoms with Crippen molar-refractivity contribution in [3.8, 4) is 0 Å². The molecule has 0 bridgehead atoms. The van der Waals surface area contributed by atoms with Crippen LogP contribution in [0.5, 0.6) is 0 Å². The SMILES string of the molecule is CCCCCCOC(=O)N(C)C(=O)/C(C)=C(/C)C=O. The molecule has 0 saturated heterocycles. The first-order chi connectivity index (χ1) is 8.95. The number of imide groups is 1. The number of rotatable bonds is 7. The molecule has 0 aromatic heterocycles. The summed E-state index contributed by atoms with van der Waals surface area (Å²) in [6, 6.07) is 0. The van der Waals surface area contributed by atoms with Crippen LogP contribution in [0.2, 0.25) is 0 Å². The Labute approximate surface area is 114 Å². The quantitative estimate of drug-likeness (QED) is 0.405. The van der Waals surface area contributed by atoms with Gasteiger partial charge in [0.25, 0.3) is 5.91 Å². The van der Waals surface area contributed by atoms with Crippen LogP contribution in [0, 0.1) is 0 Å². The first kappa shape index (κ1) is 17.4. The summed E-state index contributed by atoms with van der Waals surface area (Å²) in [4.78, 5) is 34.9. The highest BCUT2D eigenvalue weighted by atomic mass is 16.6. The largest absolute Gasteiger partial charge is 0.449 e. The molecule has 5 heteroatoms. The van der Waals surface area contributed by atoms with Crippen molar-refractivity contribution in [2.45, 2.75) is 46.5 Å². The van der Waals surface area contributed by atoms with Crippen LogP contribution in [0.4, 0.5) is 4.79 Å².